The van der Waals surface area contributed by atoms with Crippen LogP contribution in [0.25, 0.3) is 0 Å². The molecule has 0 aromatic heterocycles. The fraction of sp³-hybridized carbons (Fsp3) is 0.857. The van der Waals surface area contributed by atoms with Crippen molar-refractivity contribution in [3.63, 3.8) is 0 Å². The third-order valence-corrected chi connectivity index (χ3v) is 3.00. The van der Waals surface area contributed by atoms with Crippen molar-refractivity contribution in [2.75, 3.05) is 0 Å². The maximum atomic E-state index is 11.7. The topological polar surface area (TPSA) is 92.4 Å². The van der Waals surface area contributed by atoms with Crippen LogP contribution in [0.1, 0.15) is 59.3 Å². The van der Waals surface area contributed by atoms with Gasteiger partial charge in [-0.3, -0.25) is 9.59 Å². The molecule has 2 amide bonds. The van der Waals surface area contributed by atoms with Gasteiger partial charge in [-0.1, -0.05) is 46.5 Å². The monoisotopic (exact) mass is 272 g/mol. The smallest absolute Gasteiger partial charge is 0.249 e. The van der Waals surface area contributed by atoms with E-state index in [1.165, 1.54) is 0 Å². The molecule has 0 aromatic rings. The largest absolute Gasteiger partial charge is 0.383 e. The van der Waals surface area contributed by atoms with E-state index in [0.717, 1.165) is 25.7 Å². The number of carbonyl (C=O) groups excluding carboxylic acids is 2. The Bertz CT molecular complexity index is 280. The fourth-order valence-corrected chi connectivity index (χ4v) is 1.88. The number of amides is 2. The minimum atomic E-state index is -1.07. The SMILES string of the molecule is CCCCCC[C@H](NC(=O)[C@@H](O)CC(C)C)C(N)=O. The summed E-state index contributed by atoms with van der Waals surface area (Å²) in [7, 11) is 0. The molecule has 0 rings (SSSR count). The summed E-state index contributed by atoms with van der Waals surface area (Å²) in [6.07, 6.45) is 3.93. The summed E-state index contributed by atoms with van der Waals surface area (Å²) in [6.45, 7) is 5.95. The van der Waals surface area contributed by atoms with E-state index >= 15 is 0 Å². The van der Waals surface area contributed by atoms with Gasteiger partial charge in [-0.05, 0) is 18.8 Å². The molecule has 0 bridgehead atoms. The number of primary amides is 1. The van der Waals surface area contributed by atoms with E-state index in [2.05, 4.69) is 12.2 Å². The molecular weight excluding hydrogens is 244 g/mol. The highest BCUT2D eigenvalue weighted by atomic mass is 16.3. The quantitative estimate of drug-likeness (QED) is 0.524. The highest BCUT2D eigenvalue weighted by Gasteiger charge is 2.22. The molecule has 0 aliphatic rings. The average molecular weight is 272 g/mol. The second-order valence-corrected chi connectivity index (χ2v) is 5.46. The highest BCUT2D eigenvalue weighted by molar-refractivity contribution is 5.88. The Hall–Kier alpha value is -1.10. The second-order valence-electron chi connectivity index (χ2n) is 5.46. The summed E-state index contributed by atoms with van der Waals surface area (Å²) in [5.74, 6) is -0.827. The predicted molar refractivity (Wildman–Crippen MR) is 75.3 cm³/mol. The van der Waals surface area contributed by atoms with E-state index in [9.17, 15) is 14.7 Å². The molecule has 112 valence electrons. The van der Waals surface area contributed by atoms with E-state index in [0.29, 0.717) is 12.8 Å². The number of hydrogen-bond acceptors (Lipinski definition) is 3. The van der Waals surface area contributed by atoms with Gasteiger partial charge >= 0.3 is 0 Å². The molecule has 0 spiro atoms. The van der Waals surface area contributed by atoms with Gasteiger partial charge in [0.2, 0.25) is 11.8 Å². The minimum Gasteiger partial charge on any atom is -0.383 e. The molecule has 19 heavy (non-hydrogen) atoms. The first-order valence-corrected chi connectivity index (χ1v) is 7.16. The molecule has 0 unspecified atom stereocenters. The Morgan fingerprint density at radius 3 is 2.32 bits per heavy atom. The van der Waals surface area contributed by atoms with Crippen LogP contribution in [0.15, 0.2) is 0 Å². The van der Waals surface area contributed by atoms with Gasteiger partial charge in [0.05, 0.1) is 0 Å². The van der Waals surface area contributed by atoms with Crippen molar-refractivity contribution in [3.8, 4) is 0 Å². The molecule has 0 saturated carbocycles. The van der Waals surface area contributed by atoms with E-state index in [1.807, 2.05) is 13.8 Å². The summed E-state index contributed by atoms with van der Waals surface area (Å²) >= 11 is 0. The average Bonchev–Trinajstić information content (AvgIpc) is 2.31. The standard InChI is InChI=1S/C14H28N2O3/c1-4-5-6-7-8-11(13(15)18)16-14(19)12(17)9-10(2)3/h10-12,17H,4-9H2,1-3H3,(H2,15,18)(H,16,19)/t11-,12-/m0/s1. The van der Waals surface area contributed by atoms with Gasteiger partial charge in [0.25, 0.3) is 0 Å². The minimum absolute atomic E-state index is 0.220. The third kappa shape index (κ3) is 8.59. The third-order valence-electron chi connectivity index (χ3n) is 3.00. The number of hydrogen-bond donors (Lipinski definition) is 3. The fourth-order valence-electron chi connectivity index (χ4n) is 1.88. The predicted octanol–water partition coefficient (Wildman–Crippen LogP) is 1.33. The molecule has 0 radical (unpaired) electrons. The van der Waals surface area contributed by atoms with Gasteiger partial charge < -0.3 is 16.2 Å². The molecule has 4 N–H and O–H groups in total. The Morgan fingerprint density at radius 2 is 1.84 bits per heavy atom. The number of unbranched alkanes of at least 4 members (excludes halogenated alkanes) is 3. The first-order valence-electron chi connectivity index (χ1n) is 7.16. The van der Waals surface area contributed by atoms with Crippen LogP contribution in [0.3, 0.4) is 0 Å². The number of nitrogens with one attached hydrogen (secondary N) is 1. The van der Waals surface area contributed by atoms with Crippen LogP contribution >= 0.6 is 0 Å². The van der Waals surface area contributed by atoms with E-state index in [4.69, 9.17) is 5.73 Å². The van der Waals surface area contributed by atoms with Crippen LogP contribution in [-0.4, -0.2) is 29.1 Å². The normalized spacial score (nSPS) is 14.2. The lowest BCUT2D eigenvalue weighted by Crippen LogP contribution is -2.48. The van der Waals surface area contributed by atoms with Crippen molar-refractivity contribution in [3.05, 3.63) is 0 Å². The zero-order valence-corrected chi connectivity index (χ0v) is 12.3. The number of nitrogens with two attached hydrogens (primary N) is 1. The number of carbonyl (C=O) groups is 2. The van der Waals surface area contributed by atoms with Gasteiger partial charge in [-0.15, -0.1) is 0 Å². The highest BCUT2D eigenvalue weighted by Crippen LogP contribution is 2.08. The second kappa shape index (κ2) is 9.78. The van der Waals surface area contributed by atoms with Crippen molar-refractivity contribution in [2.45, 2.75) is 71.4 Å². The van der Waals surface area contributed by atoms with Gasteiger partial charge in [0.15, 0.2) is 0 Å². The Balaban J connectivity index is 4.18. The van der Waals surface area contributed by atoms with Crippen LogP contribution in [-0.2, 0) is 9.59 Å². The van der Waals surface area contributed by atoms with E-state index in [1.54, 1.807) is 0 Å². The number of aliphatic hydroxyl groups is 1. The van der Waals surface area contributed by atoms with Crippen LogP contribution in [0, 0.1) is 5.92 Å². The van der Waals surface area contributed by atoms with Crippen molar-refractivity contribution in [1.29, 1.82) is 0 Å². The van der Waals surface area contributed by atoms with Gasteiger partial charge in [0, 0.05) is 0 Å². The van der Waals surface area contributed by atoms with Gasteiger partial charge in [0.1, 0.15) is 12.1 Å². The Morgan fingerprint density at radius 1 is 1.21 bits per heavy atom. The molecule has 2 atom stereocenters. The number of aliphatic hydroxyl groups excluding tert-OH is 1. The summed E-state index contributed by atoms with van der Waals surface area (Å²) in [5, 5.41) is 12.2. The first kappa shape index (κ1) is 17.9. The lowest BCUT2D eigenvalue weighted by Gasteiger charge is -2.18. The van der Waals surface area contributed by atoms with Crippen molar-refractivity contribution in [1.82, 2.24) is 5.32 Å². The van der Waals surface area contributed by atoms with Crippen molar-refractivity contribution < 1.29 is 14.7 Å². The molecule has 5 nitrogen and oxygen atoms in total. The zero-order valence-electron chi connectivity index (χ0n) is 12.3. The maximum absolute atomic E-state index is 11.7. The Kier molecular flexibility index (Phi) is 9.21. The van der Waals surface area contributed by atoms with Crippen LogP contribution in [0.2, 0.25) is 0 Å². The van der Waals surface area contributed by atoms with Crippen LogP contribution in [0.4, 0.5) is 0 Å². The lowest BCUT2D eigenvalue weighted by atomic mass is 10.0. The van der Waals surface area contributed by atoms with Crippen LogP contribution in [0.5, 0.6) is 0 Å². The molecule has 0 aromatic carbocycles. The Labute approximate surface area is 115 Å². The molecule has 5 heteroatoms. The molecule has 0 aliphatic heterocycles. The number of rotatable bonds is 10. The summed E-state index contributed by atoms with van der Waals surface area (Å²) in [4.78, 5) is 23.0. The van der Waals surface area contributed by atoms with Gasteiger partial charge in [-0.25, -0.2) is 0 Å². The zero-order chi connectivity index (χ0) is 14.8. The molecular formula is C14H28N2O3. The summed E-state index contributed by atoms with van der Waals surface area (Å²) < 4.78 is 0. The molecule has 0 aliphatic carbocycles. The maximum Gasteiger partial charge on any atom is 0.249 e. The van der Waals surface area contributed by atoms with E-state index < -0.39 is 24.0 Å². The lowest BCUT2D eigenvalue weighted by molar-refractivity contribution is -0.133. The van der Waals surface area contributed by atoms with Gasteiger partial charge in [-0.2, -0.15) is 0 Å². The van der Waals surface area contributed by atoms with Crippen LogP contribution < -0.4 is 11.1 Å². The van der Waals surface area contributed by atoms with E-state index in [-0.39, 0.29) is 5.92 Å². The summed E-state index contributed by atoms with van der Waals surface area (Å²) in [6, 6.07) is -0.675. The molecule has 0 saturated heterocycles. The summed E-state index contributed by atoms with van der Waals surface area (Å²) in [5.41, 5.74) is 5.27. The molecule has 0 heterocycles. The first-order chi connectivity index (χ1) is 8.88. The molecule has 0 fully saturated rings. The van der Waals surface area contributed by atoms with Crippen molar-refractivity contribution >= 4 is 11.8 Å². The van der Waals surface area contributed by atoms with Crippen molar-refractivity contribution in [2.24, 2.45) is 11.7 Å².